The Bertz CT molecular complexity index is 459. The van der Waals surface area contributed by atoms with Crippen LogP contribution in [-0.4, -0.2) is 30.3 Å². The highest BCUT2D eigenvalue weighted by Crippen LogP contribution is 2.14. The van der Waals surface area contributed by atoms with Gasteiger partial charge in [0.1, 0.15) is 5.82 Å². The minimum absolute atomic E-state index is 0.110. The second-order valence-electron chi connectivity index (χ2n) is 4.53. The van der Waals surface area contributed by atoms with Crippen LogP contribution >= 0.6 is 0 Å². The van der Waals surface area contributed by atoms with Gasteiger partial charge in [0.2, 0.25) is 0 Å². The first-order valence-electron chi connectivity index (χ1n) is 6.30. The highest BCUT2D eigenvalue weighted by Gasteiger charge is 2.15. The van der Waals surface area contributed by atoms with Crippen molar-refractivity contribution in [1.29, 1.82) is 0 Å². The second kappa shape index (κ2) is 6.49. The van der Waals surface area contributed by atoms with Crippen LogP contribution in [0.4, 0.5) is 4.39 Å². The lowest BCUT2D eigenvalue weighted by Gasteiger charge is -2.12. The molecule has 0 aliphatic carbocycles. The average molecular weight is 267 g/mol. The van der Waals surface area contributed by atoms with Crippen LogP contribution in [0.3, 0.4) is 0 Å². The third kappa shape index (κ3) is 3.42. The Labute approximate surface area is 111 Å². The first-order valence-corrected chi connectivity index (χ1v) is 6.30. The van der Waals surface area contributed by atoms with Gasteiger partial charge in [-0.25, -0.2) is 4.39 Å². The summed E-state index contributed by atoms with van der Waals surface area (Å²) in [5, 5.41) is 14.6. The monoisotopic (exact) mass is 267 g/mol. The number of amidine groups is 1. The predicted octanol–water partition coefficient (Wildman–Crippen LogP) is 1.19. The molecule has 1 heterocycles. The van der Waals surface area contributed by atoms with E-state index in [1.807, 2.05) is 0 Å². The van der Waals surface area contributed by atoms with Crippen LogP contribution in [0.1, 0.15) is 24.0 Å². The number of nitrogens with one attached hydrogen (secondary N) is 1. The van der Waals surface area contributed by atoms with Crippen molar-refractivity contribution in [2.45, 2.75) is 25.5 Å². The number of hydrogen-bond donors (Lipinski definition) is 3. The molecule has 1 unspecified atom stereocenters. The summed E-state index contributed by atoms with van der Waals surface area (Å²) >= 11 is 0. The molecular weight excluding hydrogens is 249 g/mol. The number of halogens is 1. The molecule has 0 saturated carbocycles. The molecule has 0 bridgehead atoms. The van der Waals surface area contributed by atoms with E-state index >= 15 is 0 Å². The van der Waals surface area contributed by atoms with E-state index in [9.17, 15) is 4.39 Å². The van der Waals surface area contributed by atoms with Crippen LogP contribution < -0.4 is 11.1 Å². The Hall–Kier alpha value is -1.66. The Morgan fingerprint density at radius 1 is 1.58 bits per heavy atom. The third-order valence-corrected chi connectivity index (χ3v) is 3.17. The van der Waals surface area contributed by atoms with Gasteiger partial charge in [-0.15, -0.1) is 0 Å². The molecule has 0 radical (unpaired) electrons. The molecule has 1 aromatic rings. The standard InChI is InChI=1S/C13H18FN3O2/c14-12-9(3-1-5-11(12)13(15)17-18)7-16-8-10-4-2-6-19-10/h1,3,5,10,16,18H,2,4,6-8H2,(H2,15,17). The first kappa shape index (κ1) is 13.8. The van der Waals surface area contributed by atoms with Gasteiger partial charge in [-0.3, -0.25) is 0 Å². The van der Waals surface area contributed by atoms with Crippen LogP contribution in [0.25, 0.3) is 0 Å². The normalized spacial score (nSPS) is 19.8. The van der Waals surface area contributed by atoms with Gasteiger partial charge in [0, 0.05) is 25.3 Å². The molecule has 19 heavy (non-hydrogen) atoms. The Morgan fingerprint density at radius 2 is 2.42 bits per heavy atom. The van der Waals surface area contributed by atoms with Gasteiger partial charge in [-0.2, -0.15) is 0 Å². The zero-order valence-electron chi connectivity index (χ0n) is 10.6. The Morgan fingerprint density at radius 3 is 3.11 bits per heavy atom. The fraction of sp³-hybridized carbons (Fsp3) is 0.462. The van der Waals surface area contributed by atoms with E-state index in [1.54, 1.807) is 12.1 Å². The molecule has 1 fully saturated rings. The van der Waals surface area contributed by atoms with Crippen molar-refractivity contribution in [3.8, 4) is 0 Å². The smallest absolute Gasteiger partial charge is 0.173 e. The first-order chi connectivity index (χ1) is 9.22. The van der Waals surface area contributed by atoms with Crippen molar-refractivity contribution in [3.63, 3.8) is 0 Å². The van der Waals surface area contributed by atoms with E-state index in [0.717, 1.165) is 19.4 Å². The number of oxime groups is 1. The maximum Gasteiger partial charge on any atom is 0.173 e. The zero-order chi connectivity index (χ0) is 13.7. The number of ether oxygens (including phenoxy) is 1. The molecule has 5 nitrogen and oxygen atoms in total. The van der Waals surface area contributed by atoms with Crippen molar-refractivity contribution < 1.29 is 14.3 Å². The van der Waals surface area contributed by atoms with Crippen molar-refractivity contribution in [1.82, 2.24) is 5.32 Å². The molecule has 6 heteroatoms. The number of hydrogen-bond acceptors (Lipinski definition) is 4. The fourth-order valence-corrected chi connectivity index (χ4v) is 2.14. The highest BCUT2D eigenvalue weighted by atomic mass is 19.1. The van der Waals surface area contributed by atoms with Crippen LogP contribution in [0.15, 0.2) is 23.4 Å². The molecule has 0 spiro atoms. The lowest BCUT2D eigenvalue weighted by Crippen LogP contribution is -2.26. The number of nitrogens with zero attached hydrogens (tertiary/aromatic N) is 1. The summed E-state index contributed by atoms with van der Waals surface area (Å²) in [6, 6.07) is 4.83. The van der Waals surface area contributed by atoms with E-state index in [-0.39, 0.29) is 17.5 Å². The average Bonchev–Trinajstić information content (AvgIpc) is 2.93. The van der Waals surface area contributed by atoms with Gasteiger partial charge >= 0.3 is 0 Å². The van der Waals surface area contributed by atoms with Crippen molar-refractivity contribution >= 4 is 5.84 Å². The second-order valence-corrected chi connectivity index (χ2v) is 4.53. The highest BCUT2D eigenvalue weighted by molar-refractivity contribution is 5.97. The molecule has 1 atom stereocenters. The lowest BCUT2D eigenvalue weighted by atomic mass is 10.1. The summed E-state index contributed by atoms with van der Waals surface area (Å²) in [6.45, 7) is 1.89. The predicted molar refractivity (Wildman–Crippen MR) is 69.6 cm³/mol. The molecular formula is C13H18FN3O2. The number of nitrogens with two attached hydrogens (primary N) is 1. The molecule has 1 aliphatic rings. The summed E-state index contributed by atoms with van der Waals surface area (Å²) < 4.78 is 19.5. The number of benzene rings is 1. The molecule has 2 rings (SSSR count). The number of rotatable bonds is 5. The van der Waals surface area contributed by atoms with Gasteiger partial charge in [0.15, 0.2) is 5.84 Å². The molecule has 0 aromatic heterocycles. The van der Waals surface area contributed by atoms with E-state index in [4.69, 9.17) is 15.7 Å². The van der Waals surface area contributed by atoms with Gasteiger partial charge in [-0.1, -0.05) is 17.3 Å². The minimum Gasteiger partial charge on any atom is -0.409 e. The molecule has 0 amide bonds. The van der Waals surface area contributed by atoms with Crippen LogP contribution in [0.5, 0.6) is 0 Å². The zero-order valence-corrected chi connectivity index (χ0v) is 10.6. The van der Waals surface area contributed by atoms with Crippen LogP contribution in [0.2, 0.25) is 0 Å². The molecule has 104 valence electrons. The van der Waals surface area contributed by atoms with E-state index in [0.29, 0.717) is 18.7 Å². The SMILES string of the molecule is N/C(=N/O)c1cccc(CNCC2CCCO2)c1F. The molecule has 1 saturated heterocycles. The quantitative estimate of drug-likeness (QED) is 0.324. The molecule has 1 aliphatic heterocycles. The Balaban J connectivity index is 1.96. The van der Waals surface area contributed by atoms with E-state index < -0.39 is 5.82 Å². The summed E-state index contributed by atoms with van der Waals surface area (Å²) in [5.74, 6) is -0.684. The summed E-state index contributed by atoms with van der Waals surface area (Å²) in [7, 11) is 0. The summed E-state index contributed by atoms with van der Waals surface area (Å²) in [6.07, 6.45) is 2.34. The van der Waals surface area contributed by atoms with Crippen molar-refractivity contribution in [2.24, 2.45) is 10.9 Å². The largest absolute Gasteiger partial charge is 0.409 e. The van der Waals surface area contributed by atoms with Gasteiger partial charge < -0.3 is 21.0 Å². The summed E-state index contributed by atoms with van der Waals surface area (Å²) in [4.78, 5) is 0. The maximum absolute atomic E-state index is 14.1. The lowest BCUT2D eigenvalue weighted by molar-refractivity contribution is 0.110. The van der Waals surface area contributed by atoms with Crippen LogP contribution in [-0.2, 0) is 11.3 Å². The van der Waals surface area contributed by atoms with Gasteiger partial charge in [-0.05, 0) is 18.9 Å². The Kier molecular flexibility index (Phi) is 4.70. The minimum atomic E-state index is -0.461. The van der Waals surface area contributed by atoms with Crippen molar-refractivity contribution in [3.05, 3.63) is 35.1 Å². The van der Waals surface area contributed by atoms with Crippen molar-refractivity contribution in [2.75, 3.05) is 13.2 Å². The maximum atomic E-state index is 14.1. The van der Waals surface area contributed by atoms with Gasteiger partial charge in [0.05, 0.1) is 11.7 Å². The topological polar surface area (TPSA) is 79.9 Å². The van der Waals surface area contributed by atoms with E-state index in [2.05, 4.69) is 10.5 Å². The van der Waals surface area contributed by atoms with E-state index in [1.165, 1.54) is 6.07 Å². The third-order valence-electron chi connectivity index (χ3n) is 3.17. The molecule has 1 aromatic carbocycles. The summed E-state index contributed by atoms with van der Waals surface area (Å²) in [5.41, 5.74) is 6.01. The van der Waals surface area contributed by atoms with Gasteiger partial charge in [0.25, 0.3) is 0 Å². The molecule has 4 N–H and O–H groups in total. The fourth-order valence-electron chi connectivity index (χ4n) is 2.14. The van der Waals surface area contributed by atoms with Crippen LogP contribution in [0, 0.1) is 5.82 Å².